The van der Waals surface area contributed by atoms with Crippen LogP contribution in [-0.2, 0) is 23.8 Å². The summed E-state index contributed by atoms with van der Waals surface area (Å²) in [6.07, 6.45) is 8.25. The quantitative estimate of drug-likeness (QED) is 0.0471. The number of rotatable bonds is 15. The normalized spacial score (nSPS) is 21.5. The first-order valence-electron chi connectivity index (χ1n) is 18.9. The maximum Gasteiger partial charge on any atom is 0.302 e. The molecule has 6 unspecified atom stereocenters. The number of aromatic hydroxyl groups is 2. The summed E-state index contributed by atoms with van der Waals surface area (Å²) in [5, 5.41) is 57.6. The Balaban J connectivity index is 1.54. The first-order valence-corrected chi connectivity index (χ1v) is 20.1. The van der Waals surface area contributed by atoms with E-state index in [1.165, 1.54) is 20.3 Å². The molecule has 3 heterocycles. The molecular weight excluding hydrogens is 741 g/mol. The number of ether oxygens (including phenoxy) is 4. The number of aliphatic hydroxyl groups excluding tert-OH is 2. The van der Waals surface area contributed by atoms with Crippen LogP contribution in [0.5, 0.6) is 17.2 Å². The Morgan fingerprint density at radius 2 is 1.75 bits per heavy atom. The van der Waals surface area contributed by atoms with Crippen LogP contribution in [0.4, 0.5) is 5.69 Å². The zero-order valence-corrected chi connectivity index (χ0v) is 34.1. The minimum Gasteiger partial charge on any atom is -0.507 e. The number of esters is 1. The molecule has 0 bridgehead atoms. The molecule has 1 fully saturated rings. The van der Waals surface area contributed by atoms with Crippen LogP contribution in [-0.4, -0.2) is 93.0 Å². The molecule has 6 N–H and O–H groups in total. The molecule has 1 spiro atoms. The van der Waals surface area contributed by atoms with E-state index < -0.39 is 47.4 Å². The van der Waals surface area contributed by atoms with Crippen LogP contribution in [0.25, 0.3) is 10.8 Å². The highest BCUT2D eigenvalue weighted by Gasteiger charge is 2.47. The Kier molecular flexibility index (Phi) is 13.2. The van der Waals surface area contributed by atoms with Crippen molar-refractivity contribution in [2.75, 3.05) is 30.5 Å². The van der Waals surface area contributed by atoms with Crippen LogP contribution in [0.15, 0.2) is 46.1 Å². The fourth-order valence-electron chi connectivity index (χ4n) is 7.13. The highest BCUT2D eigenvalue weighted by Crippen LogP contribution is 2.50. The first kappa shape index (κ1) is 42.7. The number of fused-ring (bicyclic) bond motifs is 5. The van der Waals surface area contributed by atoms with Gasteiger partial charge in [0.2, 0.25) is 0 Å². The average molecular weight is 795 g/mol. The second-order valence-corrected chi connectivity index (χ2v) is 16.0. The molecule has 3 aliphatic rings. The molecule has 0 aliphatic carbocycles. The van der Waals surface area contributed by atoms with E-state index in [-0.39, 0.29) is 68.6 Å². The second kappa shape index (κ2) is 17.4. The molecule has 0 saturated carbocycles. The lowest BCUT2D eigenvalue weighted by Gasteiger charge is -2.27. The van der Waals surface area contributed by atoms with Gasteiger partial charge in [0, 0.05) is 68.6 Å². The summed E-state index contributed by atoms with van der Waals surface area (Å²) in [6, 6.07) is 0. The van der Waals surface area contributed by atoms with Crippen LogP contribution >= 0.6 is 11.8 Å². The van der Waals surface area contributed by atoms with Gasteiger partial charge in [-0.2, -0.15) is 11.8 Å². The number of allylic oxidation sites excluding steroid dienone is 2. The minimum atomic E-state index is -1.65. The summed E-state index contributed by atoms with van der Waals surface area (Å²) < 4.78 is 22.8. The average Bonchev–Trinajstić information content (AvgIpc) is 3.66. The van der Waals surface area contributed by atoms with Crippen molar-refractivity contribution in [1.29, 1.82) is 5.41 Å². The minimum absolute atomic E-state index is 0.0118. The van der Waals surface area contributed by atoms with Gasteiger partial charge in [-0.1, -0.05) is 39.0 Å². The van der Waals surface area contributed by atoms with E-state index >= 15 is 0 Å². The number of phenols is 2. The zero-order valence-electron chi connectivity index (χ0n) is 33.3. The molecule has 56 heavy (non-hydrogen) atoms. The topological polar surface area (TPSA) is 213 Å². The van der Waals surface area contributed by atoms with Crippen LogP contribution in [0.2, 0.25) is 0 Å². The lowest BCUT2D eigenvalue weighted by Crippen LogP contribution is -2.38. The Morgan fingerprint density at radius 3 is 2.39 bits per heavy atom. The van der Waals surface area contributed by atoms with Crippen molar-refractivity contribution < 1.29 is 49.0 Å². The van der Waals surface area contributed by atoms with Crippen molar-refractivity contribution in [3.63, 3.8) is 0 Å². The molecule has 3 aliphatic heterocycles. The highest BCUT2D eigenvalue weighted by molar-refractivity contribution is 7.99. The van der Waals surface area contributed by atoms with Crippen LogP contribution in [0.3, 0.4) is 0 Å². The number of thioether (sulfide) groups is 1. The Hall–Kier alpha value is -4.44. The molecule has 1 amide bonds. The Bertz CT molecular complexity index is 2090. The molecule has 2 aromatic rings. The molecule has 0 radical (unpaired) electrons. The third-order valence-electron chi connectivity index (χ3n) is 10.8. The van der Waals surface area contributed by atoms with Gasteiger partial charge < -0.3 is 44.7 Å². The van der Waals surface area contributed by atoms with E-state index in [1.807, 2.05) is 13.8 Å². The molecule has 14 nitrogen and oxygen atoms in total. The van der Waals surface area contributed by atoms with Gasteiger partial charge in [-0.3, -0.25) is 25.0 Å². The Morgan fingerprint density at radius 1 is 1.07 bits per heavy atom. The number of carbonyl (C=O) groups excluding carboxylic acids is 2. The lowest BCUT2D eigenvalue weighted by molar-refractivity contribution is -0.141. The van der Waals surface area contributed by atoms with Gasteiger partial charge in [0.1, 0.15) is 28.3 Å². The number of hydrogen-bond acceptors (Lipinski definition) is 14. The zero-order chi connectivity index (χ0) is 41.1. The molecule has 0 aromatic heterocycles. The molecule has 1 saturated heterocycles. The third kappa shape index (κ3) is 8.46. The number of benzene rings is 2. The second-order valence-electron chi connectivity index (χ2n) is 14.8. The van der Waals surface area contributed by atoms with Gasteiger partial charge in [-0.05, 0) is 37.9 Å². The van der Waals surface area contributed by atoms with Crippen molar-refractivity contribution in [3.05, 3.63) is 58.0 Å². The van der Waals surface area contributed by atoms with Gasteiger partial charge in [0.25, 0.3) is 11.7 Å². The summed E-state index contributed by atoms with van der Waals surface area (Å²) in [6.45, 7) is 11.7. The number of nitrogens with zero attached hydrogens (tertiary/aromatic N) is 2. The lowest BCUT2D eigenvalue weighted by atomic mass is 9.88. The predicted molar refractivity (Wildman–Crippen MR) is 214 cm³/mol. The molecule has 15 heteroatoms. The number of nitrogens with one attached hydrogen (secondary N) is 2. The largest absolute Gasteiger partial charge is 0.507 e. The number of carbonyl (C=O) groups is 2. The SMILES string of the molecule is CCC(O)C(C)C(O)C(C)C=C/C=C(/C)C(=O)Nc1c(O)c2c(O)c(C)c3c(c2c2c1=NC1(CCSCC1)N=2)C(=N)C(C)(OC=CC(CCOC(C)=O)OC)O3. The smallest absolute Gasteiger partial charge is 0.302 e. The van der Waals surface area contributed by atoms with E-state index in [0.717, 1.165) is 11.5 Å². The van der Waals surface area contributed by atoms with Gasteiger partial charge >= 0.3 is 5.97 Å². The summed E-state index contributed by atoms with van der Waals surface area (Å²) in [4.78, 5) is 35.1. The van der Waals surface area contributed by atoms with Crippen molar-refractivity contribution in [1.82, 2.24) is 0 Å². The van der Waals surface area contributed by atoms with Crippen LogP contribution in [0.1, 0.15) is 78.4 Å². The van der Waals surface area contributed by atoms with Crippen LogP contribution in [0, 0.1) is 24.2 Å². The third-order valence-corrected chi connectivity index (χ3v) is 11.8. The van der Waals surface area contributed by atoms with Gasteiger partial charge in [0.05, 0.1) is 47.5 Å². The van der Waals surface area contributed by atoms with Gasteiger partial charge in [-0.25, -0.2) is 0 Å². The summed E-state index contributed by atoms with van der Waals surface area (Å²) in [5.74, 6) is -2.18. The number of hydrogen-bond donors (Lipinski definition) is 6. The van der Waals surface area contributed by atoms with E-state index in [2.05, 4.69) is 5.32 Å². The predicted octanol–water partition coefficient (Wildman–Crippen LogP) is 4.86. The van der Waals surface area contributed by atoms with Gasteiger partial charge in [0.15, 0.2) is 11.4 Å². The number of methoxy groups -OCH3 is 1. The van der Waals surface area contributed by atoms with Crippen molar-refractivity contribution >= 4 is 45.8 Å². The highest BCUT2D eigenvalue weighted by atomic mass is 32.2. The fraction of sp³-hybridized carbons (Fsp3) is 0.537. The maximum absolute atomic E-state index is 13.7. The maximum atomic E-state index is 13.7. The summed E-state index contributed by atoms with van der Waals surface area (Å²) in [5.41, 5.74) is -0.150. The number of phenolic OH excluding ortho intramolecular Hbond substituents is 2. The molecule has 6 atom stereocenters. The van der Waals surface area contributed by atoms with E-state index in [9.17, 15) is 35.4 Å². The van der Waals surface area contributed by atoms with E-state index in [0.29, 0.717) is 36.6 Å². The fourth-order valence-corrected chi connectivity index (χ4v) is 8.27. The molecule has 304 valence electrons. The van der Waals surface area contributed by atoms with E-state index in [4.69, 9.17) is 28.9 Å². The number of aliphatic hydroxyl groups is 2. The summed E-state index contributed by atoms with van der Waals surface area (Å²) in [7, 11) is 1.51. The molecule has 2 aromatic carbocycles. The number of amides is 1. The van der Waals surface area contributed by atoms with Crippen molar-refractivity contribution in [2.45, 2.75) is 104 Å². The van der Waals surface area contributed by atoms with Gasteiger partial charge in [-0.15, -0.1) is 0 Å². The monoisotopic (exact) mass is 794 g/mol. The molecular formula is C41H54N4O10S. The standard InChI is InChI=1S/C41H54N4O10S/c1-9-27(47)23(4)34(48)21(2)11-10-12-22(3)39(51)43-33-32-31(44-41(45-32)15-19-56-20-16-41)28-29(36(33)50)35(49)24(5)37-30(28)38(42)40(7,55-37)54-18-14-26(52-8)13-17-53-25(6)46/h10-12,14,18,21,23,26-27,34,42,47-50H,9,13,15-17,19-20H2,1-8H3,(H,43,51)/b11-10?,18-14?,22-12-,42-38?. The Labute approximate surface area is 330 Å². The number of anilines is 1. The van der Waals surface area contributed by atoms with Crippen molar-refractivity contribution in [3.8, 4) is 17.2 Å². The van der Waals surface area contributed by atoms with Crippen molar-refractivity contribution in [2.24, 2.45) is 21.8 Å². The summed E-state index contributed by atoms with van der Waals surface area (Å²) >= 11 is 1.79. The van der Waals surface area contributed by atoms with E-state index in [1.54, 1.807) is 63.8 Å². The molecule has 5 rings (SSSR count). The first-order chi connectivity index (χ1) is 26.5. The van der Waals surface area contributed by atoms with Crippen LogP contribution < -0.4 is 20.8 Å².